The van der Waals surface area contributed by atoms with Crippen LogP contribution in [0.2, 0.25) is 0 Å². The average molecular weight is 251 g/mol. The molecule has 1 unspecified atom stereocenters. The lowest BCUT2D eigenvalue weighted by molar-refractivity contribution is 0.817. The van der Waals surface area contributed by atoms with Gasteiger partial charge in [0, 0.05) is 0 Å². The second kappa shape index (κ2) is 3.27. The molecule has 0 aliphatic carbocycles. The molecule has 6 heteroatoms. The van der Waals surface area contributed by atoms with Gasteiger partial charge in [-0.1, -0.05) is 46.4 Å². The zero-order chi connectivity index (χ0) is 8.65. The molecule has 0 saturated carbocycles. The Hall–Kier alpha value is 0.790. The number of hydrogen-bond acceptors (Lipinski definition) is 2. The third-order valence-electron chi connectivity index (χ3n) is 1.06. The Morgan fingerprint density at radius 3 is 2.36 bits per heavy atom. The van der Waals surface area contributed by atoms with Crippen molar-refractivity contribution in [2.24, 2.45) is 0 Å². The summed E-state index contributed by atoms with van der Waals surface area (Å²) in [5, 5.41) is 3.44. The van der Waals surface area contributed by atoms with Crippen molar-refractivity contribution < 1.29 is 0 Å². The van der Waals surface area contributed by atoms with Gasteiger partial charge in [-0.05, 0) is 6.08 Å². The van der Waals surface area contributed by atoms with Gasteiger partial charge >= 0.3 is 0 Å². The molecule has 0 spiro atoms. The molecule has 0 aromatic heterocycles. The Balaban J connectivity index is 3.01. The zero-order valence-corrected chi connectivity index (χ0v) is 8.95. The van der Waals surface area contributed by atoms with E-state index in [1.54, 1.807) is 0 Å². The molecule has 1 heterocycles. The first-order valence-corrected chi connectivity index (χ1v) is 4.52. The fraction of sp³-hybridized carbons (Fsp3) is 0.200. The number of rotatable bonds is 0. The predicted molar refractivity (Wildman–Crippen MR) is 53.4 cm³/mol. The van der Waals surface area contributed by atoms with Crippen molar-refractivity contribution >= 4 is 59.0 Å². The second-order valence-electron chi connectivity index (χ2n) is 1.90. The highest BCUT2D eigenvalue weighted by Crippen LogP contribution is 2.37. The third kappa shape index (κ3) is 2.13. The van der Waals surface area contributed by atoms with Crippen LogP contribution in [-0.4, -0.2) is 4.33 Å². The smallest absolute Gasteiger partial charge is 0.194 e. The molecular weight excluding hydrogens is 248 g/mol. The van der Waals surface area contributed by atoms with Gasteiger partial charge in [-0.3, -0.25) is 0 Å². The fourth-order valence-electron chi connectivity index (χ4n) is 0.535. The molecule has 0 saturated heterocycles. The van der Waals surface area contributed by atoms with Crippen LogP contribution in [0.5, 0.6) is 0 Å². The SMILES string of the molecule is SC1(Cl)NC(Cl)=C(Cl)C=C1Cl. The van der Waals surface area contributed by atoms with Gasteiger partial charge in [-0.2, -0.15) is 0 Å². The van der Waals surface area contributed by atoms with Crippen molar-refractivity contribution in [1.29, 1.82) is 0 Å². The van der Waals surface area contributed by atoms with Gasteiger partial charge in [0.05, 0.1) is 10.1 Å². The van der Waals surface area contributed by atoms with E-state index < -0.39 is 4.33 Å². The number of halogens is 4. The van der Waals surface area contributed by atoms with Crippen LogP contribution in [0.15, 0.2) is 21.3 Å². The lowest BCUT2D eigenvalue weighted by Gasteiger charge is -2.26. The van der Waals surface area contributed by atoms with Crippen molar-refractivity contribution in [3.8, 4) is 0 Å². The van der Waals surface area contributed by atoms with Gasteiger partial charge in [0.2, 0.25) is 0 Å². The van der Waals surface area contributed by atoms with Crippen LogP contribution in [0.25, 0.3) is 0 Å². The number of thiol groups is 1. The Labute approximate surface area is 89.7 Å². The quantitative estimate of drug-likeness (QED) is 0.382. The molecule has 0 aromatic carbocycles. The monoisotopic (exact) mass is 249 g/mol. The number of hydrogen-bond donors (Lipinski definition) is 2. The van der Waals surface area contributed by atoms with E-state index in [-0.39, 0.29) is 10.2 Å². The Morgan fingerprint density at radius 2 is 1.91 bits per heavy atom. The van der Waals surface area contributed by atoms with Crippen LogP contribution in [0, 0.1) is 0 Å². The Bertz CT molecular complexity index is 245. The molecule has 11 heavy (non-hydrogen) atoms. The summed E-state index contributed by atoms with van der Waals surface area (Å²) in [5.41, 5.74) is 0. The van der Waals surface area contributed by atoms with Gasteiger partial charge in [0.25, 0.3) is 0 Å². The lowest BCUT2D eigenvalue weighted by atomic mass is 10.4. The maximum absolute atomic E-state index is 5.76. The first kappa shape index (κ1) is 9.87. The molecular formula is C5H3Cl4NS. The molecule has 0 bridgehead atoms. The summed E-state index contributed by atoms with van der Waals surface area (Å²) >= 11 is 26.7. The van der Waals surface area contributed by atoms with Gasteiger partial charge in [-0.15, -0.1) is 12.6 Å². The van der Waals surface area contributed by atoms with Crippen LogP contribution in [0.3, 0.4) is 0 Å². The Kier molecular flexibility index (Phi) is 2.93. The molecule has 62 valence electrons. The minimum absolute atomic E-state index is 0.237. The molecule has 1 rings (SSSR count). The first-order chi connectivity index (χ1) is 4.93. The summed E-state index contributed by atoms with van der Waals surface area (Å²) < 4.78 is -1.14. The van der Waals surface area contributed by atoms with Crippen LogP contribution < -0.4 is 5.32 Å². The number of allylic oxidation sites excluding steroid dienone is 2. The molecule has 1 N–H and O–H groups in total. The standard InChI is InChI=1S/C5H3Cl4NS/c6-2-1-3(7)5(9,11)10-4(2)8/h1,10-11H. The zero-order valence-electron chi connectivity index (χ0n) is 5.04. The van der Waals surface area contributed by atoms with E-state index in [1.807, 2.05) is 0 Å². The minimum Gasteiger partial charge on any atom is -0.344 e. The van der Waals surface area contributed by atoms with E-state index in [1.165, 1.54) is 6.08 Å². The van der Waals surface area contributed by atoms with Gasteiger partial charge in [0.15, 0.2) is 4.33 Å². The van der Waals surface area contributed by atoms with Gasteiger partial charge in [-0.25, -0.2) is 0 Å². The third-order valence-corrected chi connectivity index (χ3v) is 3.02. The number of nitrogens with one attached hydrogen (secondary N) is 1. The summed E-state index contributed by atoms with van der Waals surface area (Å²) in [6.07, 6.45) is 1.45. The van der Waals surface area contributed by atoms with E-state index >= 15 is 0 Å². The molecule has 1 nitrogen and oxygen atoms in total. The van der Waals surface area contributed by atoms with E-state index in [0.29, 0.717) is 5.03 Å². The largest absolute Gasteiger partial charge is 0.344 e. The van der Waals surface area contributed by atoms with Gasteiger partial charge in [0.1, 0.15) is 5.16 Å². The van der Waals surface area contributed by atoms with E-state index in [0.717, 1.165) is 0 Å². The lowest BCUT2D eigenvalue weighted by Crippen LogP contribution is -2.35. The topological polar surface area (TPSA) is 12.0 Å². The van der Waals surface area contributed by atoms with E-state index in [2.05, 4.69) is 17.9 Å². The number of alkyl halides is 1. The average Bonchev–Trinajstić information content (AvgIpc) is 1.83. The normalized spacial score (nSPS) is 31.5. The molecule has 1 aliphatic rings. The second-order valence-corrected chi connectivity index (χ2v) is 4.59. The van der Waals surface area contributed by atoms with Crippen molar-refractivity contribution in [2.45, 2.75) is 4.33 Å². The predicted octanol–water partition coefficient (Wildman–Crippen LogP) is 3.18. The molecule has 0 radical (unpaired) electrons. The summed E-state index contributed by atoms with van der Waals surface area (Å²) in [5.74, 6) is 0. The molecule has 1 atom stereocenters. The van der Waals surface area contributed by atoms with Crippen molar-refractivity contribution in [1.82, 2.24) is 5.32 Å². The van der Waals surface area contributed by atoms with E-state index in [9.17, 15) is 0 Å². The maximum Gasteiger partial charge on any atom is 0.194 e. The summed E-state index contributed by atoms with van der Waals surface area (Å²) in [6.45, 7) is 0. The summed E-state index contributed by atoms with van der Waals surface area (Å²) in [7, 11) is 0. The maximum atomic E-state index is 5.76. The van der Waals surface area contributed by atoms with Crippen LogP contribution in [-0.2, 0) is 0 Å². The molecule has 0 fully saturated rings. The summed E-state index contributed by atoms with van der Waals surface area (Å²) in [4.78, 5) is 0. The fourth-order valence-corrected chi connectivity index (χ4v) is 1.54. The molecule has 1 aliphatic heterocycles. The first-order valence-electron chi connectivity index (χ1n) is 2.56. The van der Waals surface area contributed by atoms with Crippen LogP contribution >= 0.6 is 59.0 Å². The molecule has 0 aromatic rings. The highest BCUT2D eigenvalue weighted by atomic mass is 35.5. The highest BCUT2D eigenvalue weighted by molar-refractivity contribution is 7.83. The minimum atomic E-state index is -1.14. The highest BCUT2D eigenvalue weighted by Gasteiger charge is 2.30. The van der Waals surface area contributed by atoms with E-state index in [4.69, 9.17) is 46.4 Å². The van der Waals surface area contributed by atoms with Gasteiger partial charge < -0.3 is 5.32 Å². The van der Waals surface area contributed by atoms with Crippen LogP contribution in [0.4, 0.5) is 0 Å². The number of dihydropyridines is 1. The molecule has 0 amide bonds. The Morgan fingerprint density at radius 1 is 1.36 bits per heavy atom. The summed E-state index contributed by atoms with van der Waals surface area (Å²) in [6, 6.07) is 0. The van der Waals surface area contributed by atoms with Crippen molar-refractivity contribution in [3.05, 3.63) is 21.3 Å². The van der Waals surface area contributed by atoms with Crippen molar-refractivity contribution in [2.75, 3.05) is 0 Å². The van der Waals surface area contributed by atoms with Crippen LogP contribution in [0.1, 0.15) is 0 Å². The van der Waals surface area contributed by atoms with Crippen molar-refractivity contribution in [3.63, 3.8) is 0 Å².